The average molecular weight is 355 g/mol. The highest BCUT2D eigenvalue weighted by molar-refractivity contribution is 6.06. The fourth-order valence-corrected chi connectivity index (χ4v) is 2.85. The van der Waals surface area contributed by atoms with Crippen LogP contribution in [0.1, 0.15) is 35.5 Å². The predicted octanol–water partition coefficient (Wildman–Crippen LogP) is 2.00. The average Bonchev–Trinajstić information content (AvgIpc) is 2.99. The van der Waals surface area contributed by atoms with Crippen LogP contribution in [0.4, 0.5) is 5.82 Å². The molecule has 0 radical (unpaired) electrons. The van der Waals surface area contributed by atoms with Crippen LogP contribution < -0.4 is 15.8 Å². The molecule has 8 nitrogen and oxygen atoms in total. The first kappa shape index (κ1) is 17.7. The molecule has 0 saturated carbocycles. The van der Waals surface area contributed by atoms with E-state index in [-0.39, 0.29) is 22.6 Å². The monoisotopic (exact) mass is 355 g/mol. The molecule has 0 aliphatic heterocycles. The molecule has 3 rings (SSSR count). The third-order valence-electron chi connectivity index (χ3n) is 4.25. The third-order valence-corrected chi connectivity index (χ3v) is 4.25. The van der Waals surface area contributed by atoms with E-state index in [4.69, 9.17) is 4.42 Å². The minimum Gasteiger partial charge on any atom is -0.442 e. The molecule has 2 N–H and O–H groups in total. The zero-order chi connectivity index (χ0) is 18.7. The standard InChI is InChI=1S/C18H21N5O3/c1-4-23(5-2)13-7-6-12(8-19-13)9-20-16(24)14-11(3)26-18-15(14)17(25)21-10-22-18/h6-8,10H,4-5,9H2,1-3H3,(H,20,24)(H,21,22,25). The first-order valence-corrected chi connectivity index (χ1v) is 8.50. The van der Waals surface area contributed by atoms with Gasteiger partial charge < -0.3 is 19.6 Å². The number of fused-ring (bicyclic) bond motifs is 1. The van der Waals surface area contributed by atoms with Gasteiger partial charge in [0.15, 0.2) is 0 Å². The molecule has 3 aromatic rings. The van der Waals surface area contributed by atoms with Gasteiger partial charge in [-0.05, 0) is 32.4 Å². The number of anilines is 1. The molecule has 0 atom stereocenters. The van der Waals surface area contributed by atoms with Gasteiger partial charge in [0.2, 0.25) is 5.71 Å². The van der Waals surface area contributed by atoms with Gasteiger partial charge in [-0.3, -0.25) is 9.59 Å². The Balaban J connectivity index is 1.76. The number of aromatic nitrogens is 3. The van der Waals surface area contributed by atoms with Gasteiger partial charge in [-0.1, -0.05) is 6.07 Å². The number of carbonyl (C=O) groups is 1. The van der Waals surface area contributed by atoms with Crippen molar-refractivity contribution in [1.82, 2.24) is 20.3 Å². The van der Waals surface area contributed by atoms with Crippen molar-refractivity contribution in [1.29, 1.82) is 0 Å². The number of amides is 1. The molecule has 0 bridgehead atoms. The van der Waals surface area contributed by atoms with Crippen LogP contribution in [0, 0.1) is 6.92 Å². The normalized spacial score (nSPS) is 10.9. The number of nitrogens with zero attached hydrogens (tertiary/aromatic N) is 3. The van der Waals surface area contributed by atoms with E-state index in [0.717, 1.165) is 24.5 Å². The molecule has 0 fully saturated rings. The quantitative estimate of drug-likeness (QED) is 0.701. The van der Waals surface area contributed by atoms with Crippen LogP contribution in [-0.4, -0.2) is 33.9 Å². The molecule has 0 spiro atoms. The minimum atomic E-state index is -0.401. The summed E-state index contributed by atoms with van der Waals surface area (Å²) in [7, 11) is 0. The highest BCUT2D eigenvalue weighted by Crippen LogP contribution is 2.20. The Labute approximate surface area is 150 Å². The first-order valence-electron chi connectivity index (χ1n) is 8.50. The number of pyridine rings is 1. The van der Waals surface area contributed by atoms with E-state index in [9.17, 15) is 9.59 Å². The van der Waals surface area contributed by atoms with Crippen molar-refractivity contribution in [2.24, 2.45) is 0 Å². The van der Waals surface area contributed by atoms with Crippen molar-refractivity contribution < 1.29 is 9.21 Å². The van der Waals surface area contributed by atoms with Gasteiger partial charge >= 0.3 is 0 Å². The van der Waals surface area contributed by atoms with E-state index >= 15 is 0 Å². The summed E-state index contributed by atoms with van der Waals surface area (Å²) in [6.07, 6.45) is 2.99. The van der Waals surface area contributed by atoms with Crippen LogP contribution in [0.3, 0.4) is 0 Å². The summed E-state index contributed by atoms with van der Waals surface area (Å²) < 4.78 is 5.41. The highest BCUT2D eigenvalue weighted by atomic mass is 16.3. The lowest BCUT2D eigenvalue weighted by atomic mass is 10.1. The summed E-state index contributed by atoms with van der Waals surface area (Å²) in [4.78, 5) is 37.5. The summed E-state index contributed by atoms with van der Waals surface area (Å²) in [5.74, 6) is 0.878. The number of furan rings is 1. The van der Waals surface area contributed by atoms with Crippen molar-refractivity contribution in [2.75, 3.05) is 18.0 Å². The zero-order valence-corrected chi connectivity index (χ0v) is 15.0. The van der Waals surface area contributed by atoms with Crippen LogP contribution >= 0.6 is 0 Å². The lowest BCUT2D eigenvalue weighted by molar-refractivity contribution is 0.0950. The second-order valence-electron chi connectivity index (χ2n) is 5.82. The maximum Gasteiger partial charge on any atom is 0.262 e. The van der Waals surface area contributed by atoms with Crippen molar-refractivity contribution >= 4 is 22.8 Å². The summed E-state index contributed by atoms with van der Waals surface area (Å²) in [5, 5.41) is 2.97. The molecule has 3 heterocycles. The summed E-state index contributed by atoms with van der Waals surface area (Å²) in [6, 6.07) is 3.86. The summed E-state index contributed by atoms with van der Waals surface area (Å²) in [5.41, 5.74) is 0.831. The van der Waals surface area contributed by atoms with Crippen LogP contribution in [0.5, 0.6) is 0 Å². The topological polar surface area (TPSA) is 104 Å². The molecule has 136 valence electrons. The smallest absolute Gasteiger partial charge is 0.262 e. The number of carbonyl (C=O) groups excluding carboxylic acids is 1. The van der Waals surface area contributed by atoms with Crippen LogP contribution in [-0.2, 0) is 6.54 Å². The van der Waals surface area contributed by atoms with Crippen molar-refractivity contribution in [3.05, 3.63) is 51.9 Å². The molecule has 0 aliphatic rings. The number of aromatic amines is 1. The number of rotatable bonds is 6. The largest absolute Gasteiger partial charge is 0.442 e. The van der Waals surface area contributed by atoms with Gasteiger partial charge in [0, 0.05) is 25.8 Å². The lowest BCUT2D eigenvalue weighted by Crippen LogP contribution is -2.25. The van der Waals surface area contributed by atoms with Gasteiger partial charge in [-0.2, -0.15) is 0 Å². The molecular weight excluding hydrogens is 334 g/mol. The van der Waals surface area contributed by atoms with Crippen LogP contribution in [0.2, 0.25) is 0 Å². The van der Waals surface area contributed by atoms with Gasteiger partial charge in [0.1, 0.15) is 17.0 Å². The van der Waals surface area contributed by atoms with Gasteiger partial charge in [0.25, 0.3) is 11.5 Å². The summed E-state index contributed by atoms with van der Waals surface area (Å²) in [6.45, 7) is 7.86. The second-order valence-corrected chi connectivity index (χ2v) is 5.82. The molecule has 1 amide bonds. The molecule has 26 heavy (non-hydrogen) atoms. The third kappa shape index (κ3) is 3.30. The number of hydrogen-bond acceptors (Lipinski definition) is 6. The maximum absolute atomic E-state index is 12.6. The van der Waals surface area contributed by atoms with E-state index in [1.807, 2.05) is 12.1 Å². The Hall–Kier alpha value is -3.16. The summed E-state index contributed by atoms with van der Waals surface area (Å²) >= 11 is 0. The second kappa shape index (κ2) is 7.38. The number of aryl methyl sites for hydroxylation is 1. The van der Waals surface area contributed by atoms with Gasteiger partial charge in [0.05, 0.1) is 11.9 Å². The number of nitrogens with one attached hydrogen (secondary N) is 2. The number of H-pyrrole nitrogens is 1. The Morgan fingerprint density at radius 3 is 2.69 bits per heavy atom. The highest BCUT2D eigenvalue weighted by Gasteiger charge is 2.21. The Kier molecular flexibility index (Phi) is 5.01. The molecule has 3 aromatic heterocycles. The Morgan fingerprint density at radius 1 is 1.27 bits per heavy atom. The maximum atomic E-state index is 12.6. The van der Waals surface area contributed by atoms with Crippen molar-refractivity contribution in [3.8, 4) is 0 Å². The van der Waals surface area contributed by atoms with E-state index < -0.39 is 5.56 Å². The number of hydrogen-bond donors (Lipinski definition) is 2. The molecule has 0 aliphatic carbocycles. The van der Waals surface area contributed by atoms with E-state index in [2.05, 4.69) is 39.0 Å². The van der Waals surface area contributed by atoms with Gasteiger partial charge in [-0.15, -0.1) is 0 Å². The molecule has 0 aromatic carbocycles. The Morgan fingerprint density at radius 2 is 2.04 bits per heavy atom. The molecular formula is C18H21N5O3. The molecule has 0 saturated heterocycles. The van der Waals surface area contributed by atoms with Gasteiger partial charge in [-0.25, -0.2) is 9.97 Å². The molecule has 8 heteroatoms. The van der Waals surface area contributed by atoms with Crippen molar-refractivity contribution in [2.45, 2.75) is 27.3 Å². The van der Waals surface area contributed by atoms with Crippen molar-refractivity contribution in [3.63, 3.8) is 0 Å². The fourth-order valence-electron chi connectivity index (χ4n) is 2.85. The lowest BCUT2D eigenvalue weighted by Gasteiger charge is -2.19. The van der Waals surface area contributed by atoms with E-state index in [1.165, 1.54) is 6.33 Å². The fraction of sp³-hybridized carbons (Fsp3) is 0.333. The Bertz CT molecular complexity index is 971. The SMILES string of the molecule is CCN(CC)c1ccc(CNC(=O)c2c(C)oc3nc[nH]c(=O)c23)cn1. The van der Waals surface area contributed by atoms with Crippen LogP contribution in [0.15, 0.2) is 33.9 Å². The first-order chi connectivity index (χ1) is 12.5. The molecule has 0 unspecified atom stereocenters. The minimum absolute atomic E-state index is 0.154. The van der Waals surface area contributed by atoms with Crippen LogP contribution in [0.25, 0.3) is 11.1 Å². The van der Waals surface area contributed by atoms with E-state index in [1.54, 1.807) is 13.1 Å². The van der Waals surface area contributed by atoms with E-state index in [0.29, 0.717) is 12.3 Å². The predicted molar refractivity (Wildman–Crippen MR) is 98.3 cm³/mol. The zero-order valence-electron chi connectivity index (χ0n) is 15.0.